The molecule has 0 aliphatic rings. The van der Waals surface area contributed by atoms with Crippen molar-refractivity contribution in [3.63, 3.8) is 0 Å². The number of benzene rings is 1. The van der Waals surface area contributed by atoms with Crippen LogP contribution in [0, 0.1) is 5.82 Å². The fraction of sp³-hybridized carbons (Fsp3) is 0.0909. The van der Waals surface area contributed by atoms with Gasteiger partial charge in [-0.05, 0) is 17.7 Å². The van der Waals surface area contributed by atoms with Crippen LogP contribution in [0.2, 0.25) is 0 Å². The number of H-pyrrole nitrogens is 1. The Kier molecular flexibility index (Phi) is 3.43. The lowest BCUT2D eigenvalue weighted by Crippen LogP contribution is -2.01. The summed E-state index contributed by atoms with van der Waals surface area (Å²) in [5, 5.41) is 9.52. The number of hydrogen-bond acceptors (Lipinski definition) is 3. The van der Waals surface area contributed by atoms with Gasteiger partial charge < -0.3 is 10.1 Å². The smallest absolute Gasteiger partial charge is 0.338 e. The second-order valence-corrected chi connectivity index (χ2v) is 4.27. The summed E-state index contributed by atoms with van der Waals surface area (Å²) in [6.45, 7) is 0. The summed E-state index contributed by atoms with van der Waals surface area (Å²) in [5.41, 5.74) is 0.438. The largest absolute Gasteiger partial charge is 0.478 e. The number of imidazole rings is 1. The number of carboxylic acid groups (broad SMARTS) is 1. The fourth-order valence-electron chi connectivity index (χ4n) is 1.31. The van der Waals surface area contributed by atoms with Gasteiger partial charge in [-0.1, -0.05) is 17.8 Å². The summed E-state index contributed by atoms with van der Waals surface area (Å²) in [7, 11) is 0. The molecule has 0 amide bonds. The molecule has 0 radical (unpaired) electrons. The maximum atomic E-state index is 13.1. The van der Waals surface area contributed by atoms with Crippen molar-refractivity contribution in [2.45, 2.75) is 10.9 Å². The Morgan fingerprint density at radius 1 is 1.53 bits per heavy atom. The highest BCUT2D eigenvalue weighted by molar-refractivity contribution is 7.98. The number of aromatic carboxylic acids is 1. The number of nitrogens with one attached hydrogen (secondary N) is 1. The molecular weight excluding hydrogens is 243 g/mol. The van der Waals surface area contributed by atoms with Crippen molar-refractivity contribution in [1.82, 2.24) is 9.97 Å². The number of aromatic amines is 1. The number of carboxylic acids is 1. The average molecular weight is 252 g/mol. The molecular formula is C11H9FN2O2S. The van der Waals surface area contributed by atoms with E-state index in [1.165, 1.54) is 23.9 Å². The number of hydrogen-bond donors (Lipinski definition) is 2. The molecule has 0 unspecified atom stereocenters. The first kappa shape index (κ1) is 11.7. The monoisotopic (exact) mass is 252 g/mol. The molecule has 0 fully saturated rings. The second-order valence-electron chi connectivity index (χ2n) is 3.30. The van der Waals surface area contributed by atoms with Crippen molar-refractivity contribution < 1.29 is 14.3 Å². The minimum absolute atomic E-state index is 0.303. The predicted molar refractivity (Wildman–Crippen MR) is 61.5 cm³/mol. The Morgan fingerprint density at radius 3 is 3.00 bits per heavy atom. The van der Waals surface area contributed by atoms with Crippen LogP contribution in [0.5, 0.6) is 0 Å². The summed E-state index contributed by atoms with van der Waals surface area (Å²) in [6, 6.07) is 4.08. The van der Waals surface area contributed by atoms with Gasteiger partial charge in [-0.25, -0.2) is 14.2 Å². The summed E-state index contributed by atoms with van der Waals surface area (Å²) < 4.78 is 13.1. The van der Waals surface area contributed by atoms with Crippen LogP contribution in [-0.4, -0.2) is 21.0 Å². The van der Waals surface area contributed by atoms with Gasteiger partial charge in [0.2, 0.25) is 0 Å². The lowest BCUT2D eigenvalue weighted by molar-refractivity contribution is 0.0692. The first-order valence-corrected chi connectivity index (χ1v) is 5.79. The lowest BCUT2D eigenvalue weighted by atomic mass is 10.1. The van der Waals surface area contributed by atoms with Crippen molar-refractivity contribution in [3.8, 4) is 0 Å². The zero-order valence-corrected chi connectivity index (χ0v) is 9.50. The minimum Gasteiger partial charge on any atom is -0.478 e. The van der Waals surface area contributed by atoms with Gasteiger partial charge in [0.25, 0.3) is 0 Å². The quantitative estimate of drug-likeness (QED) is 0.821. The van der Waals surface area contributed by atoms with Gasteiger partial charge in [0.1, 0.15) is 5.82 Å². The number of rotatable bonds is 4. The van der Waals surface area contributed by atoms with Gasteiger partial charge in [0.05, 0.1) is 5.56 Å². The molecule has 88 valence electrons. The zero-order valence-electron chi connectivity index (χ0n) is 8.68. The molecule has 0 atom stereocenters. The standard InChI is InChI=1S/C11H9FN2O2S/c12-9-2-1-7(5-8(9)10(15)16)6-17-11-13-3-4-14-11/h1-5H,6H2,(H,13,14)(H,15,16). The first-order chi connectivity index (χ1) is 8.16. The van der Waals surface area contributed by atoms with Gasteiger partial charge in [-0.2, -0.15) is 0 Å². The van der Waals surface area contributed by atoms with Crippen LogP contribution in [0.25, 0.3) is 0 Å². The third-order valence-electron chi connectivity index (χ3n) is 2.11. The van der Waals surface area contributed by atoms with Crippen molar-refractivity contribution in [1.29, 1.82) is 0 Å². The van der Waals surface area contributed by atoms with E-state index in [9.17, 15) is 9.18 Å². The molecule has 0 spiro atoms. The molecule has 6 heteroatoms. The highest BCUT2D eigenvalue weighted by Crippen LogP contribution is 2.20. The molecule has 2 N–H and O–H groups in total. The maximum absolute atomic E-state index is 13.1. The van der Waals surface area contributed by atoms with Crippen molar-refractivity contribution >= 4 is 17.7 Å². The Morgan fingerprint density at radius 2 is 2.35 bits per heavy atom. The van der Waals surface area contributed by atoms with Gasteiger partial charge in [0.15, 0.2) is 5.16 Å². The van der Waals surface area contributed by atoms with Crippen LogP contribution in [-0.2, 0) is 5.75 Å². The van der Waals surface area contributed by atoms with Crippen molar-refractivity contribution in [2.75, 3.05) is 0 Å². The number of aromatic nitrogens is 2. The number of carbonyl (C=O) groups is 1. The Hall–Kier alpha value is -1.82. The van der Waals surface area contributed by atoms with E-state index in [4.69, 9.17) is 5.11 Å². The molecule has 0 saturated carbocycles. The number of thioether (sulfide) groups is 1. The van der Waals surface area contributed by atoms with E-state index in [2.05, 4.69) is 9.97 Å². The number of nitrogens with zero attached hydrogens (tertiary/aromatic N) is 1. The van der Waals surface area contributed by atoms with Crippen LogP contribution < -0.4 is 0 Å². The Labute approximate surface area is 101 Å². The van der Waals surface area contributed by atoms with E-state index in [0.717, 1.165) is 10.7 Å². The van der Waals surface area contributed by atoms with Gasteiger partial charge >= 0.3 is 5.97 Å². The molecule has 0 bridgehead atoms. The van der Waals surface area contributed by atoms with E-state index < -0.39 is 11.8 Å². The van der Waals surface area contributed by atoms with Crippen LogP contribution >= 0.6 is 11.8 Å². The van der Waals surface area contributed by atoms with Gasteiger partial charge in [-0.3, -0.25) is 0 Å². The molecule has 4 nitrogen and oxygen atoms in total. The summed E-state index contributed by atoms with van der Waals surface area (Å²) in [4.78, 5) is 17.7. The predicted octanol–water partition coefficient (Wildman–Crippen LogP) is 2.54. The zero-order chi connectivity index (χ0) is 12.3. The molecule has 0 aliphatic heterocycles. The van der Waals surface area contributed by atoms with E-state index in [-0.39, 0.29) is 5.56 Å². The molecule has 2 rings (SSSR count). The fourth-order valence-corrected chi connectivity index (χ4v) is 2.08. The minimum atomic E-state index is -1.26. The molecule has 1 aromatic heterocycles. The third kappa shape index (κ3) is 2.85. The SMILES string of the molecule is O=C(O)c1cc(CSc2ncc[nH]2)ccc1F. The molecule has 0 aliphatic carbocycles. The normalized spacial score (nSPS) is 10.4. The maximum Gasteiger partial charge on any atom is 0.338 e. The Bertz CT molecular complexity index is 528. The van der Waals surface area contributed by atoms with Crippen LogP contribution in [0.3, 0.4) is 0 Å². The Balaban J connectivity index is 2.11. The molecule has 1 heterocycles. The van der Waals surface area contributed by atoms with Crippen molar-refractivity contribution in [3.05, 3.63) is 47.5 Å². The van der Waals surface area contributed by atoms with Crippen LogP contribution in [0.4, 0.5) is 4.39 Å². The first-order valence-electron chi connectivity index (χ1n) is 4.80. The molecule has 2 aromatic rings. The highest BCUT2D eigenvalue weighted by atomic mass is 32.2. The van der Waals surface area contributed by atoms with Gasteiger partial charge in [-0.15, -0.1) is 0 Å². The second kappa shape index (κ2) is 5.01. The number of halogens is 1. The topological polar surface area (TPSA) is 66.0 Å². The van der Waals surface area contributed by atoms with E-state index >= 15 is 0 Å². The average Bonchev–Trinajstić information content (AvgIpc) is 2.80. The van der Waals surface area contributed by atoms with E-state index in [0.29, 0.717) is 5.75 Å². The van der Waals surface area contributed by atoms with E-state index in [1.54, 1.807) is 18.5 Å². The summed E-state index contributed by atoms with van der Waals surface area (Å²) in [5.74, 6) is -1.44. The summed E-state index contributed by atoms with van der Waals surface area (Å²) >= 11 is 1.42. The molecule has 1 aromatic carbocycles. The summed E-state index contributed by atoms with van der Waals surface area (Å²) in [6.07, 6.45) is 3.34. The van der Waals surface area contributed by atoms with Crippen LogP contribution in [0.1, 0.15) is 15.9 Å². The lowest BCUT2D eigenvalue weighted by Gasteiger charge is -2.02. The molecule has 0 saturated heterocycles. The van der Waals surface area contributed by atoms with Crippen LogP contribution in [0.15, 0.2) is 35.7 Å². The van der Waals surface area contributed by atoms with Gasteiger partial charge in [0, 0.05) is 18.1 Å². The third-order valence-corrected chi connectivity index (χ3v) is 3.08. The highest BCUT2D eigenvalue weighted by Gasteiger charge is 2.10. The van der Waals surface area contributed by atoms with Crippen molar-refractivity contribution in [2.24, 2.45) is 0 Å². The van der Waals surface area contributed by atoms with E-state index in [1.807, 2.05) is 0 Å². The molecule has 17 heavy (non-hydrogen) atoms.